The Kier molecular flexibility index (Phi) is 3.95. The number of primary amides is 1. The van der Waals surface area contributed by atoms with E-state index in [9.17, 15) is 9.59 Å². The number of methoxy groups -OCH3 is 1. The number of anilines is 1. The van der Waals surface area contributed by atoms with Crippen LogP contribution in [0.4, 0.5) is 5.69 Å². The largest absolute Gasteiger partial charge is 0.497 e. The molecule has 1 aromatic carbocycles. The first-order valence-electron chi connectivity index (χ1n) is 5.81. The second-order valence-corrected chi connectivity index (χ2v) is 3.97. The molecule has 2 aromatic rings. The van der Waals surface area contributed by atoms with Crippen LogP contribution in [-0.2, 0) is 0 Å². The molecule has 0 radical (unpaired) electrons. The second-order valence-electron chi connectivity index (χ2n) is 3.97. The van der Waals surface area contributed by atoms with Crippen molar-refractivity contribution in [3.63, 3.8) is 0 Å². The minimum atomic E-state index is -0.654. The van der Waals surface area contributed by atoms with Gasteiger partial charge in [-0.05, 0) is 24.3 Å². The van der Waals surface area contributed by atoms with E-state index < -0.39 is 5.91 Å². The molecule has 0 fully saturated rings. The molecule has 0 spiro atoms. The molecule has 102 valence electrons. The van der Waals surface area contributed by atoms with Crippen LogP contribution in [0.1, 0.15) is 20.7 Å². The molecule has 3 N–H and O–H groups in total. The molecule has 0 saturated carbocycles. The average molecular weight is 271 g/mol. The zero-order chi connectivity index (χ0) is 14.5. The lowest BCUT2D eigenvalue weighted by atomic mass is 10.1. The van der Waals surface area contributed by atoms with Gasteiger partial charge >= 0.3 is 0 Å². The number of carbonyl (C=O) groups is 2. The molecule has 0 aliphatic heterocycles. The number of amides is 2. The molecule has 1 heterocycles. The van der Waals surface area contributed by atoms with Gasteiger partial charge in [-0.2, -0.15) is 0 Å². The SMILES string of the molecule is COc1cccc(C(=O)Nc2ccncc2C(N)=O)c1. The van der Waals surface area contributed by atoms with E-state index in [0.29, 0.717) is 17.0 Å². The molecule has 2 amide bonds. The van der Waals surface area contributed by atoms with Crippen LogP contribution < -0.4 is 15.8 Å². The predicted molar refractivity (Wildman–Crippen MR) is 73.7 cm³/mol. The van der Waals surface area contributed by atoms with Gasteiger partial charge in [0.1, 0.15) is 5.75 Å². The van der Waals surface area contributed by atoms with Crippen LogP contribution in [0.3, 0.4) is 0 Å². The fourth-order valence-corrected chi connectivity index (χ4v) is 1.66. The van der Waals surface area contributed by atoms with Gasteiger partial charge in [0, 0.05) is 18.0 Å². The highest BCUT2D eigenvalue weighted by molar-refractivity contribution is 6.08. The minimum Gasteiger partial charge on any atom is -0.497 e. The number of pyridine rings is 1. The number of aromatic nitrogens is 1. The molecule has 0 aliphatic carbocycles. The van der Waals surface area contributed by atoms with Gasteiger partial charge < -0.3 is 15.8 Å². The molecule has 2 rings (SSSR count). The summed E-state index contributed by atoms with van der Waals surface area (Å²) in [4.78, 5) is 27.2. The fraction of sp³-hybridized carbons (Fsp3) is 0.0714. The normalized spacial score (nSPS) is 9.85. The van der Waals surface area contributed by atoms with Crippen LogP contribution in [0.15, 0.2) is 42.7 Å². The van der Waals surface area contributed by atoms with Gasteiger partial charge in [-0.3, -0.25) is 14.6 Å². The number of hydrogen-bond donors (Lipinski definition) is 2. The maximum Gasteiger partial charge on any atom is 0.255 e. The van der Waals surface area contributed by atoms with Crippen molar-refractivity contribution in [3.05, 3.63) is 53.9 Å². The van der Waals surface area contributed by atoms with Crippen molar-refractivity contribution < 1.29 is 14.3 Å². The van der Waals surface area contributed by atoms with Gasteiger partial charge in [0.25, 0.3) is 11.8 Å². The third-order valence-electron chi connectivity index (χ3n) is 2.67. The standard InChI is InChI=1S/C14H13N3O3/c1-20-10-4-2-3-9(7-10)14(19)17-12-5-6-16-8-11(12)13(15)18/h2-8H,1H3,(H2,15,18)(H,16,17,19). The van der Waals surface area contributed by atoms with E-state index in [2.05, 4.69) is 10.3 Å². The van der Waals surface area contributed by atoms with Gasteiger partial charge in [0.15, 0.2) is 0 Å². The van der Waals surface area contributed by atoms with Crippen molar-refractivity contribution in [1.82, 2.24) is 4.98 Å². The Labute approximate surface area is 115 Å². The highest BCUT2D eigenvalue weighted by atomic mass is 16.5. The van der Waals surface area contributed by atoms with Gasteiger partial charge in [0.05, 0.1) is 18.4 Å². The summed E-state index contributed by atoms with van der Waals surface area (Å²) in [6.45, 7) is 0. The molecule has 0 saturated heterocycles. The quantitative estimate of drug-likeness (QED) is 0.879. The summed E-state index contributed by atoms with van der Waals surface area (Å²) in [7, 11) is 1.52. The summed E-state index contributed by atoms with van der Waals surface area (Å²) >= 11 is 0. The number of hydrogen-bond acceptors (Lipinski definition) is 4. The molecule has 0 bridgehead atoms. The van der Waals surface area contributed by atoms with E-state index in [0.717, 1.165) is 0 Å². The Morgan fingerprint density at radius 1 is 1.30 bits per heavy atom. The minimum absolute atomic E-state index is 0.156. The molecule has 6 heteroatoms. The molecule has 0 aliphatic rings. The smallest absolute Gasteiger partial charge is 0.255 e. The van der Waals surface area contributed by atoms with Crippen molar-refractivity contribution in [2.24, 2.45) is 5.73 Å². The van der Waals surface area contributed by atoms with Crippen molar-refractivity contribution in [2.75, 3.05) is 12.4 Å². The third-order valence-corrected chi connectivity index (χ3v) is 2.67. The van der Waals surface area contributed by atoms with Gasteiger partial charge in [0.2, 0.25) is 0 Å². The summed E-state index contributed by atoms with van der Waals surface area (Å²) in [5.41, 5.74) is 6.11. The maximum atomic E-state index is 12.1. The Hall–Kier alpha value is -2.89. The van der Waals surface area contributed by atoms with Gasteiger partial charge in [-0.15, -0.1) is 0 Å². The molecular formula is C14H13N3O3. The highest BCUT2D eigenvalue weighted by Gasteiger charge is 2.12. The Morgan fingerprint density at radius 3 is 2.80 bits per heavy atom. The van der Waals surface area contributed by atoms with Gasteiger partial charge in [-0.25, -0.2) is 0 Å². The number of nitrogens with two attached hydrogens (primary N) is 1. The van der Waals surface area contributed by atoms with E-state index in [4.69, 9.17) is 10.5 Å². The zero-order valence-electron chi connectivity index (χ0n) is 10.8. The van der Waals surface area contributed by atoms with E-state index in [1.54, 1.807) is 24.3 Å². The van der Waals surface area contributed by atoms with E-state index in [1.165, 1.54) is 25.6 Å². The molecule has 6 nitrogen and oxygen atoms in total. The molecule has 0 unspecified atom stereocenters. The van der Waals surface area contributed by atoms with Crippen molar-refractivity contribution in [3.8, 4) is 5.75 Å². The predicted octanol–water partition coefficient (Wildman–Crippen LogP) is 1.44. The van der Waals surface area contributed by atoms with Crippen LogP contribution in [-0.4, -0.2) is 23.9 Å². The third kappa shape index (κ3) is 2.92. The summed E-state index contributed by atoms with van der Waals surface area (Å²) in [6, 6.07) is 8.19. The lowest BCUT2D eigenvalue weighted by molar-refractivity contribution is 0.100. The number of nitrogens with one attached hydrogen (secondary N) is 1. The topological polar surface area (TPSA) is 94.3 Å². The zero-order valence-corrected chi connectivity index (χ0v) is 10.8. The van der Waals surface area contributed by atoms with Crippen LogP contribution >= 0.6 is 0 Å². The van der Waals surface area contributed by atoms with E-state index in [-0.39, 0.29) is 11.5 Å². The molecular weight excluding hydrogens is 258 g/mol. The van der Waals surface area contributed by atoms with Crippen molar-refractivity contribution in [2.45, 2.75) is 0 Å². The van der Waals surface area contributed by atoms with E-state index in [1.807, 2.05) is 0 Å². The highest BCUT2D eigenvalue weighted by Crippen LogP contribution is 2.17. The maximum absolute atomic E-state index is 12.1. The first-order valence-corrected chi connectivity index (χ1v) is 5.81. The monoisotopic (exact) mass is 271 g/mol. The molecule has 1 aromatic heterocycles. The van der Waals surface area contributed by atoms with Crippen LogP contribution in [0.25, 0.3) is 0 Å². The summed E-state index contributed by atoms with van der Waals surface area (Å²) in [5.74, 6) is -0.445. The van der Waals surface area contributed by atoms with Crippen molar-refractivity contribution in [1.29, 1.82) is 0 Å². The second kappa shape index (κ2) is 5.83. The van der Waals surface area contributed by atoms with Crippen LogP contribution in [0.2, 0.25) is 0 Å². The number of nitrogens with zero attached hydrogens (tertiary/aromatic N) is 1. The summed E-state index contributed by atoms with van der Waals surface area (Å²) < 4.78 is 5.05. The summed E-state index contributed by atoms with van der Waals surface area (Å²) in [6.07, 6.45) is 2.77. The average Bonchev–Trinajstić information content (AvgIpc) is 2.47. The Balaban J connectivity index is 2.25. The molecule has 0 atom stereocenters. The van der Waals surface area contributed by atoms with Crippen molar-refractivity contribution >= 4 is 17.5 Å². The number of ether oxygens (including phenoxy) is 1. The lowest BCUT2D eigenvalue weighted by Gasteiger charge is -2.09. The van der Waals surface area contributed by atoms with Crippen LogP contribution in [0.5, 0.6) is 5.75 Å². The summed E-state index contributed by atoms with van der Waals surface area (Å²) in [5, 5.41) is 2.62. The number of benzene rings is 1. The molecule has 20 heavy (non-hydrogen) atoms. The first-order chi connectivity index (χ1) is 9.61. The Bertz CT molecular complexity index is 656. The number of carbonyl (C=O) groups excluding carboxylic acids is 2. The fourth-order valence-electron chi connectivity index (χ4n) is 1.66. The van der Waals surface area contributed by atoms with E-state index >= 15 is 0 Å². The first kappa shape index (κ1) is 13.5. The van der Waals surface area contributed by atoms with Crippen LogP contribution in [0, 0.1) is 0 Å². The number of rotatable bonds is 4. The van der Waals surface area contributed by atoms with Gasteiger partial charge in [-0.1, -0.05) is 6.07 Å². The Morgan fingerprint density at radius 2 is 2.10 bits per heavy atom. The lowest BCUT2D eigenvalue weighted by Crippen LogP contribution is -2.18.